The topological polar surface area (TPSA) is 26.0 Å². The molecule has 0 aliphatic rings. The van der Waals surface area contributed by atoms with Crippen molar-refractivity contribution in [3.63, 3.8) is 0 Å². The lowest BCUT2D eigenvalue weighted by molar-refractivity contribution is 0.615. The Morgan fingerprint density at radius 1 is 1.00 bits per heavy atom. The molecule has 2 aromatic carbocycles. The summed E-state index contributed by atoms with van der Waals surface area (Å²) in [6, 6.07) is 10.4. The summed E-state index contributed by atoms with van der Waals surface area (Å²) in [6.45, 7) is 1.68. The van der Waals surface area contributed by atoms with Gasteiger partial charge in [-0.1, -0.05) is 24.3 Å². The first-order valence-electron chi connectivity index (χ1n) is 5.35. The molecule has 0 fully saturated rings. The van der Waals surface area contributed by atoms with E-state index in [0.29, 0.717) is 11.1 Å². The molecule has 0 bridgehead atoms. The Morgan fingerprint density at radius 3 is 2.35 bits per heavy atom. The molecule has 88 valence electrons. The lowest BCUT2D eigenvalue weighted by Gasteiger charge is -2.13. The molecular formula is C14H13F2N. The minimum atomic E-state index is -0.440. The molecule has 0 saturated carbocycles. The average Bonchev–Trinajstić information content (AvgIpc) is 2.32. The van der Waals surface area contributed by atoms with Crippen LogP contribution in [-0.4, -0.2) is 0 Å². The third kappa shape index (κ3) is 2.50. The molecule has 1 nitrogen and oxygen atoms in total. The van der Waals surface area contributed by atoms with Gasteiger partial charge in [-0.15, -0.1) is 0 Å². The molecule has 0 heterocycles. The zero-order chi connectivity index (χ0) is 12.4. The van der Waals surface area contributed by atoms with Gasteiger partial charge in [0.15, 0.2) is 0 Å². The van der Waals surface area contributed by atoms with Crippen molar-refractivity contribution in [1.82, 2.24) is 0 Å². The summed E-state index contributed by atoms with van der Waals surface area (Å²) in [6.07, 6.45) is 0. The quantitative estimate of drug-likeness (QED) is 0.846. The van der Waals surface area contributed by atoms with Crippen molar-refractivity contribution in [2.45, 2.75) is 13.0 Å². The van der Waals surface area contributed by atoms with Crippen molar-refractivity contribution in [2.75, 3.05) is 0 Å². The van der Waals surface area contributed by atoms with E-state index in [9.17, 15) is 8.78 Å². The van der Waals surface area contributed by atoms with Crippen LogP contribution in [0.1, 0.15) is 22.7 Å². The molecular weight excluding hydrogens is 220 g/mol. The lowest BCUT2D eigenvalue weighted by Crippen LogP contribution is -2.12. The van der Waals surface area contributed by atoms with Crippen LogP contribution in [0.15, 0.2) is 42.5 Å². The highest BCUT2D eigenvalue weighted by molar-refractivity contribution is 5.34. The summed E-state index contributed by atoms with van der Waals surface area (Å²) in [5.74, 6) is -0.586. The number of rotatable bonds is 2. The molecule has 2 N–H and O–H groups in total. The number of hydrogen-bond donors (Lipinski definition) is 1. The van der Waals surface area contributed by atoms with Gasteiger partial charge in [0.2, 0.25) is 0 Å². The highest BCUT2D eigenvalue weighted by Gasteiger charge is 2.10. The highest BCUT2D eigenvalue weighted by atomic mass is 19.1. The molecule has 0 radical (unpaired) electrons. The summed E-state index contributed by atoms with van der Waals surface area (Å²) in [5.41, 5.74) is 8.00. The molecule has 3 heteroatoms. The van der Waals surface area contributed by atoms with E-state index in [4.69, 9.17) is 5.73 Å². The zero-order valence-electron chi connectivity index (χ0n) is 9.45. The molecule has 0 aliphatic carbocycles. The summed E-state index contributed by atoms with van der Waals surface area (Å²) in [7, 11) is 0. The van der Waals surface area contributed by atoms with Gasteiger partial charge in [0.05, 0.1) is 6.04 Å². The second-order valence-corrected chi connectivity index (χ2v) is 4.04. The van der Waals surface area contributed by atoms with E-state index in [1.54, 1.807) is 31.2 Å². The third-order valence-electron chi connectivity index (χ3n) is 2.75. The van der Waals surface area contributed by atoms with Crippen molar-refractivity contribution >= 4 is 0 Å². The van der Waals surface area contributed by atoms with Gasteiger partial charge < -0.3 is 5.73 Å². The molecule has 1 unspecified atom stereocenters. The molecule has 0 amide bonds. The van der Waals surface area contributed by atoms with Crippen LogP contribution in [0.2, 0.25) is 0 Å². The van der Waals surface area contributed by atoms with Gasteiger partial charge in [-0.05, 0) is 41.8 Å². The third-order valence-corrected chi connectivity index (χ3v) is 2.75. The molecule has 1 atom stereocenters. The normalized spacial score (nSPS) is 12.5. The number of hydrogen-bond acceptors (Lipinski definition) is 1. The Morgan fingerprint density at radius 2 is 1.71 bits per heavy atom. The number of nitrogens with two attached hydrogens (primary N) is 1. The second-order valence-electron chi connectivity index (χ2n) is 4.04. The van der Waals surface area contributed by atoms with Gasteiger partial charge in [0.25, 0.3) is 0 Å². The van der Waals surface area contributed by atoms with E-state index in [1.165, 1.54) is 18.2 Å². The summed E-state index contributed by atoms with van der Waals surface area (Å²) >= 11 is 0. The fraction of sp³-hybridized carbons (Fsp3) is 0.143. The van der Waals surface area contributed by atoms with E-state index < -0.39 is 6.04 Å². The molecule has 17 heavy (non-hydrogen) atoms. The summed E-state index contributed by atoms with van der Waals surface area (Å²) in [5, 5.41) is 0. The van der Waals surface area contributed by atoms with E-state index in [2.05, 4.69) is 0 Å². The minimum Gasteiger partial charge on any atom is -0.320 e. The fourth-order valence-electron chi connectivity index (χ4n) is 1.75. The van der Waals surface area contributed by atoms with E-state index >= 15 is 0 Å². The van der Waals surface area contributed by atoms with Crippen LogP contribution < -0.4 is 5.73 Å². The van der Waals surface area contributed by atoms with Gasteiger partial charge in [0.1, 0.15) is 11.6 Å². The Kier molecular flexibility index (Phi) is 3.20. The maximum Gasteiger partial charge on any atom is 0.126 e. The zero-order valence-corrected chi connectivity index (χ0v) is 9.45. The summed E-state index contributed by atoms with van der Waals surface area (Å²) < 4.78 is 26.2. The molecule has 0 aromatic heterocycles. The van der Waals surface area contributed by atoms with Gasteiger partial charge >= 0.3 is 0 Å². The SMILES string of the molecule is Cc1cc(C(N)c2cccc(F)c2)ccc1F. The van der Waals surface area contributed by atoms with Crippen LogP contribution in [0.25, 0.3) is 0 Å². The Bertz CT molecular complexity index is 537. The van der Waals surface area contributed by atoms with Gasteiger partial charge in [0, 0.05) is 0 Å². The number of halogens is 2. The first-order chi connectivity index (χ1) is 8.08. The maximum atomic E-state index is 13.1. The largest absolute Gasteiger partial charge is 0.320 e. The molecule has 0 saturated heterocycles. The minimum absolute atomic E-state index is 0.264. The Hall–Kier alpha value is -1.74. The van der Waals surface area contributed by atoms with E-state index in [-0.39, 0.29) is 11.6 Å². The van der Waals surface area contributed by atoms with Crippen molar-refractivity contribution in [2.24, 2.45) is 5.73 Å². The van der Waals surface area contributed by atoms with Crippen LogP contribution in [0.5, 0.6) is 0 Å². The molecule has 2 rings (SSSR count). The van der Waals surface area contributed by atoms with Crippen molar-refractivity contribution in [3.8, 4) is 0 Å². The lowest BCUT2D eigenvalue weighted by atomic mass is 9.98. The Balaban J connectivity index is 2.36. The first kappa shape index (κ1) is 11.7. The van der Waals surface area contributed by atoms with Gasteiger partial charge in [-0.2, -0.15) is 0 Å². The predicted octanol–water partition coefficient (Wildman–Crippen LogP) is 3.32. The predicted molar refractivity (Wildman–Crippen MR) is 63.6 cm³/mol. The summed E-state index contributed by atoms with van der Waals surface area (Å²) in [4.78, 5) is 0. The van der Waals surface area contributed by atoms with Gasteiger partial charge in [-0.3, -0.25) is 0 Å². The second kappa shape index (κ2) is 4.63. The van der Waals surface area contributed by atoms with Crippen LogP contribution >= 0.6 is 0 Å². The average molecular weight is 233 g/mol. The van der Waals surface area contributed by atoms with Crippen LogP contribution in [0.3, 0.4) is 0 Å². The van der Waals surface area contributed by atoms with E-state index in [0.717, 1.165) is 5.56 Å². The van der Waals surface area contributed by atoms with Crippen LogP contribution in [0.4, 0.5) is 8.78 Å². The van der Waals surface area contributed by atoms with Crippen molar-refractivity contribution in [3.05, 3.63) is 70.8 Å². The number of benzene rings is 2. The fourth-order valence-corrected chi connectivity index (χ4v) is 1.75. The van der Waals surface area contributed by atoms with Crippen LogP contribution in [-0.2, 0) is 0 Å². The monoisotopic (exact) mass is 233 g/mol. The van der Waals surface area contributed by atoms with Crippen molar-refractivity contribution < 1.29 is 8.78 Å². The van der Waals surface area contributed by atoms with Crippen molar-refractivity contribution in [1.29, 1.82) is 0 Å². The van der Waals surface area contributed by atoms with Gasteiger partial charge in [-0.25, -0.2) is 8.78 Å². The smallest absolute Gasteiger partial charge is 0.126 e. The number of aryl methyl sites for hydroxylation is 1. The highest BCUT2D eigenvalue weighted by Crippen LogP contribution is 2.22. The molecule has 0 spiro atoms. The van der Waals surface area contributed by atoms with Crippen LogP contribution in [0, 0.1) is 18.6 Å². The Labute approximate surface area is 98.9 Å². The maximum absolute atomic E-state index is 13.1. The first-order valence-corrected chi connectivity index (χ1v) is 5.35. The standard InChI is InChI=1S/C14H13F2N/c1-9-7-11(5-6-13(9)16)14(17)10-3-2-4-12(15)8-10/h2-8,14H,17H2,1H3. The molecule has 0 aliphatic heterocycles. The van der Waals surface area contributed by atoms with E-state index in [1.807, 2.05) is 0 Å². The molecule has 2 aromatic rings.